The summed E-state index contributed by atoms with van der Waals surface area (Å²) in [5.74, 6) is -0.863. The van der Waals surface area contributed by atoms with Crippen molar-refractivity contribution in [1.82, 2.24) is 0 Å². The molecule has 0 heterocycles. The van der Waals surface area contributed by atoms with Gasteiger partial charge in [-0.2, -0.15) is 0 Å². The number of unbranched alkanes of at least 4 members (excludes halogenated alkanes) is 43. The average molecular weight is 986 g/mol. The summed E-state index contributed by atoms with van der Waals surface area (Å²) in [5.41, 5.74) is 0. The SMILES string of the molecule is CCCCCC/C=C\C/C=C\CCCCCCCC(=O)OC(COC(=O)CCCCCCCCCCCCC)COC(=O)CCCCCCCCCCCCCCCCCCCCCCCCCCC. The lowest BCUT2D eigenvalue weighted by molar-refractivity contribution is -0.167. The lowest BCUT2D eigenvalue weighted by Gasteiger charge is -2.18. The van der Waals surface area contributed by atoms with E-state index in [4.69, 9.17) is 14.2 Å². The van der Waals surface area contributed by atoms with Crippen molar-refractivity contribution >= 4 is 17.9 Å². The maximum Gasteiger partial charge on any atom is 0.306 e. The summed E-state index contributed by atoms with van der Waals surface area (Å²) in [7, 11) is 0. The zero-order chi connectivity index (χ0) is 50.7. The van der Waals surface area contributed by atoms with Crippen LogP contribution < -0.4 is 0 Å². The topological polar surface area (TPSA) is 78.9 Å². The third-order valence-electron chi connectivity index (χ3n) is 14.2. The van der Waals surface area contributed by atoms with Crippen molar-refractivity contribution in [2.75, 3.05) is 13.2 Å². The molecule has 1 unspecified atom stereocenters. The van der Waals surface area contributed by atoms with Crippen LogP contribution in [0.1, 0.15) is 348 Å². The molecule has 0 spiro atoms. The lowest BCUT2D eigenvalue weighted by atomic mass is 10.0. The molecule has 0 bridgehead atoms. The lowest BCUT2D eigenvalue weighted by Crippen LogP contribution is -2.30. The first-order valence-corrected chi connectivity index (χ1v) is 31.3. The Morgan fingerprint density at radius 3 is 0.800 bits per heavy atom. The highest BCUT2D eigenvalue weighted by Crippen LogP contribution is 2.18. The Bertz CT molecular complexity index is 1130. The second-order valence-corrected chi connectivity index (χ2v) is 21.3. The summed E-state index contributed by atoms with van der Waals surface area (Å²) in [6, 6.07) is 0. The van der Waals surface area contributed by atoms with Crippen LogP contribution in [-0.2, 0) is 28.6 Å². The molecule has 6 nitrogen and oxygen atoms in total. The van der Waals surface area contributed by atoms with Crippen molar-refractivity contribution in [2.24, 2.45) is 0 Å². The van der Waals surface area contributed by atoms with E-state index in [2.05, 4.69) is 45.1 Å². The molecule has 0 amide bonds. The molecule has 6 heteroatoms. The van der Waals surface area contributed by atoms with Crippen LogP contribution in [0.5, 0.6) is 0 Å². The molecule has 0 aromatic heterocycles. The highest BCUT2D eigenvalue weighted by atomic mass is 16.6. The van der Waals surface area contributed by atoms with Crippen LogP contribution in [0, 0.1) is 0 Å². The molecule has 0 saturated carbocycles. The van der Waals surface area contributed by atoms with Crippen LogP contribution in [0.2, 0.25) is 0 Å². The summed E-state index contributed by atoms with van der Waals surface area (Å²) < 4.78 is 16.9. The van der Waals surface area contributed by atoms with E-state index in [1.807, 2.05) is 0 Å². The monoisotopic (exact) mass is 985 g/mol. The molecule has 0 aromatic carbocycles. The molecule has 0 aliphatic heterocycles. The number of esters is 3. The molecule has 0 saturated heterocycles. The van der Waals surface area contributed by atoms with Gasteiger partial charge < -0.3 is 14.2 Å². The minimum absolute atomic E-state index is 0.0714. The van der Waals surface area contributed by atoms with Crippen molar-refractivity contribution in [3.63, 3.8) is 0 Å². The van der Waals surface area contributed by atoms with Gasteiger partial charge in [0.05, 0.1) is 0 Å². The molecule has 0 aliphatic rings. The van der Waals surface area contributed by atoms with E-state index < -0.39 is 6.10 Å². The highest BCUT2D eigenvalue weighted by molar-refractivity contribution is 5.71. The van der Waals surface area contributed by atoms with Gasteiger partial charge in [-0.15, -0.1) is 0 Å². The molecule has 0 N–H and O–H groups in total. The summed E-state index contributed by atoms with van der Waals surface area (Å²) in [6.45, 7) is 6.66. The zero-order valence-corrected chi connectivity index (χ0v) is 47.3. The van der Waals surface area contributed by atoms with Crippen molar-refractivity contribution in [1.29, 1.82) is 0 Å². The van der Waals surface area contributed by atoms with Crippen LogP contribution in [0.25, 0.3) is 0 Å². The number of ether oxygens (including phenoxy) is 3. The normalized spacial score (nSPS) is 12.1. The van der Waals surface area contributed by atoms with Crippen molar-refractivity contribution in [3.8, 4) is 0 Å². The molecule has 1 atom stereocenters. The number of carbonyl (C=O) groups excluding carboxylic acids is 3. The van der Waals surface area contributed by atoms with Gasteiger partial charge in [-0.05, 0) is 51.4 Å². The van der Waals surface area contributed by atoms with Crippen molar-refractivity contribution < 1.29 is 28.6 Å². The van der Waals surface area contributed by atoms with Gasteiger partial charge in [0, 0.05) is 19.3 Å². The summed E-state index contributed by atoms with van der Waals surface area (Å²) in [4.78, 5) is 38.2. The number of carbonyl (C=O) groups is 3. The second kappa shape index (κ2) is 59.5. The highest BCUT2D eigenvalue weighted by Gasteiger charge is 2.19. The fourth-order valence-electron chi connectivity index (χ4n) is 9.48. The Morgan fingerprint density at radius 1 is 0.286 bits per heavy atom. The van der Waals surface area contributed by atoms with Gasteiger partial charge in [-0.3, -0.25) is 14.4 Å². The Kier molecular flexibility index (Phi) is 57.7. The van der Waals surface area contributed by atoms with Gasteiger partial charge in [0.1, 0.15) is 13.2 Å². The minimum atomic E-state index is -0.774. The molecule has 0 rings (SSSR count). The number of hydrogen-bond donors (Lipinski definition) is 0. The van der Waals surface area contributed by atoms with Crippen LogP contribution >= 0.6 is 0 Å². The molecule has 412 valence electrons. The smallest absolute Gasteiger partial charge is 0.306 e. The molecule has 0 aromatic rings. The standard InChI is InChI=1S/C64H120O6/c1-4-7-10-13-16-19-22-24-26-28-29-30-31-32-33-34-35-36-38-39-42-45-48-51-54-57-63(66)69-60-61(59-68-62(65)56-53-50-47-44-41-21-18-15-12-9-6-3)70-64(67)58-55-52-49-46-43-40-37-27-25-23-20-17-14-11-8-5-2/h20,23,27,37,61H,4-19,21-22,24-26,28-36,38-60H2,1-3H3/b23-20-,37-27-. The van der Waals surface area contributed by atoms with E-state index in [9.17, 15) is 14.4 Å². The molecular weight excluding hydrogens is 865 g/mol. The number of rotatable bonds is 58. The van der Waals surface area contributed by atoms with Gasteiger partial charge in [0.25, 0.3) is 0 Å². The van der Waals surface area contributed by atoms with E-state index in [0.29, 0.717) is 19.3 Å². The first-order valence-electron chi connectivity index (χ1n) is 31.3. The first-order chi connectivity index (χ1) is 34.5. The Morgan fingerprint density at radius 2 is 0.514 bits per heavy atom. The fraction of sp³-hybridized carbons (Fsp3) is 0.891. The van der Waals surface area contributed by atoms with Crippen molar-refractivity contribution in [3.05, 3.63) is 24.3 Å². The number of hydrogen-bond acceptors (Lipinski definition) is 6. The van der Waals surface area contributed by atoms with Crippen LogP contribution in [0.4, 0.5) is 0 Å². The van der Waals surface area contributed by atoms with Gasteiger partial charge in [0.2, 0.25) is 0 Å². The van der Waals surface area contributed by atoms with Crippen LogP contribution in [-0.4, -0.2) is 37.2 Å². The van der Waals surface area contributed by atoms with E-state index in [1.54, 1.807) is 0 Å². The molecule has 0 fully saturated rings. The first kappa shape index (κ1) is 67.9. The van der Waals surface area contributed by atoms with Crippen molar-refractivity contribution in [2.45, 2.75) is 354 Å². The predicted octanol–water partition coefficient (Wildman–Crippen LogP) is 21.1. The van der Waals surface area contributed by atoms with Gasteiger partial charge in [-0.1, -0.05) is 302 Å². The quantitative estimate of drug-likeness (QED) is 0.0261. The van der Waals surface area contributed by atoms with E-state index in [1.165, 1.54) is 231 Å². The van der Waals surface area contributed by atoms with Gasteiger partial charge >= 0.3 is 17.9 Å². The Hall–Kier alpha value is -2.11. The maximum atomic E-state index is 12.9. The third kappa shape index (κ3) is 56.8. The average Bonchev–Trinajstić information content (AvgIpc) is 3.36. The maximum absolute atomic E-state index is 12.9. The van der Waals surface area contributed by atoms with E-state index in [-0.39, 0.29) is 31.1 Å². The third-order valence-corrected chi connectivity index (χ3v) is 14.2. The van der Waals surface area contributed by atoms with Gasteiger partial charge in [0.15, 0.2) is 6.10 Å². The fourth-order valence-corrected chi connectivity index (χ4v) is 9.48. The summed E-state index contributed by atoms with van der Waals surface area (Å²) >= 11 is 0. The molecule has 70 heavy (non-hydrogen) atoms. The molecular formula is C64H120O6. The van der Waals surface area contributed by atoms with Crippen LogP contribution in [0.3, 0.4) is 0 Å². The predicted molar refractivity (Wildman–Crippen MR) is 303 cm³/mol. The van der Waals surface area contributed by atoms with Crippen LogP contribution in [0.15, 0.2) is 24.3 Å². The largest absolute Gasteiger partial charge is 0.462 e. The summed E-state index contributed by atoms with van der Waals surface area (Å²) in [5, 5.41) is 0. The van der Waals surface area contributed by atoms with E-state index >= 15 is 0 Å². The molecule has 0 radical (unpaired) electrons. The Labute approximate surface area is 436 Å². The summed E-state index contributed by atoms with van der Waals surface area (Å²) in [6.07, 6.45) is 70.5. The Balaban J connectivity index is 4.19. The minimum Gasteiger partial charge on any atom is -0.462 e. The second-order valence-electron chi connectivity index (χ2n) is 21.3. The molecule has 0 aliphatic carbocycles. The zero-order valence-electron chi connectivity index (χ0n) is 47.3. The van der Waals surface area contributed by atoms with Gasteiger partial charge in [-0.25, -0.2) is 0 Å². The van der Waals surface area contributed by atoms with E-state index in [0.717, 1.165) is 77.0 Å². The number of allylic oxidation sites excluding steroid dienone is 4.